The number of nitrogens with zero attached hydrogens (tertiary/aromatic N) is 1. The monoisotopic (exact) mass is 399 g/mol. The molecule has 6 heteroatoms. The summed E-state index contributed by atoms with van der Waals surface area (Å²) in [7, 11) is 0. The Kier molecular flexibility index (Phi) is 7.71. The normalized spacial score (nSPS) is 17.3. The van der Waals surface area contributed by atoms with E-state index in [2.05, 4.69) is 17.0 Å². The summed E-state index contributed by atoms with van der Waals surface area (Å²) in [6.07, 6.45) is -2.43. The average Bonchev–Trinajstić information content (AvgIpc) is 2.63. The molecule has 1 heterocycles. The van der Waals surface area contributed by atoms with Crippen LogP contribution in [0.2, 0.25) is 0 Å². The molecule has 3 rings (SSSR count). The minimum absolute atomic E-state index is 0. The maximum Gasteiger partial charge on any atom is 0.416 e. The minimum atomic E-state index is -4.34. The van der Waals surface area contributed by atoms with Gasteiger partial charge >= 0.3 is 6.18 Å². The molecule has 1 fully saturated rings. The van der Waals surface area contributed by atoms with E-state index in [1.807, 2.05) is 18.2 Å². The van der Waals surface area contributed by atoms with Gasteiger partial charge in [0.15, 0.2) is 0 Å². The third kappa shape index (κ3) is 6.23. The number of rotatable bonds is 5. The Morgan fingerprint density at radius 1 is 0.963 bits per heavy atom. The lowest BCUT2D eigenvalue weighted by atomic mass is 9.88. The van der Waals surface area contributed by atoms with E-state index in [0.29, 0.717) is 17.9 Å². The number of hydrogen-bond acceptors (Lipinski definition) is 2. The third-order valence-electron chi connectivity index (χ3n) is 5.14. The number of benzene rings is 2. The van der Waals surface area contributed by atoms with Crippen molar-refractivity contribution in [3.8, 4) is 0 Å². The third-order valence-corrected chi connectivity index (χ3v) is 5.14. The molecule has 0 bridgehead atoms. The maximum atomic E-state index is 12.6. The van der Waals surface area contributed by atoms with Crippen molar-refractivity contribution in [2.45, 2.75) is 38.1 Å². The molecule has 1 aliphatic rings. The van der Waals surface area contributed by atoms with Crippen LogP contribution in [0.3, 0.4) is 0 Å². The molecule has 1 atom stereocenters. The van der Waals surface area contributed by atoms with E-state index < -0.39 is 17.8 Å². The number of hydrogen-bond donors (Lipinski definition) is 1. The highest BCUT2D eigenvalue weighted by atomic mass is 35.5. The van der Waals surface area contributed by atoms with E-state index in [1.165, 1.54) is 17.7 Å². The predicted octanol–water partition coefficient (Wildman–Crippen LogP) is 5.46. The first-order valence-corrected chi connectivity index (χ1v) is 9.03. The quantitative estimate of drug-likeness (QED) is 0.721. The molecule has 1 unspecified atom stereocenters. The second-order valence-electron chi connectivity index (χ2n) is 7.08. The summed E-state index contributed by atoms with van der Waals surface area (Å²) in [5.74, 6) is 0.402. The largest absolute Gasteiger partial charge is 0.416 e. The van der Waals surface area contributed by atoms with Gasteiger partial charge in [0.1, 0.15) is 0 Å². The van der Waals surface area contributed by atoms with Crippen molar-refractivity contribution in [1.29, 1.82) is 0 Å². The van der Waals surface area contributed by atoms with E-state index in [0.717, 1.165) is 44.6 Å². The second-order valence-corrected chi connectivity index (χ2v) is 7.08. The van der Waals surface area contributed by atoms with Gasteiger partial charge in [-0.1, -0.05) is 42.5 Å². The number of halogens is 4. The summed E-state index contributed by atoms with van der Waals surface area (Å²) in [4.78, 5) is 2.41. The molecule has 0 radical (unpaired) electrons. The van der Waals surface area contributed by atoms with Crippen LogP contribution < -0.4 is 0 Å². The van der Waals surface area contributed by atoms with Crippen molar-refractivity contribution in [3.63, 3.8) is 0 Å². The summed E-state index contributed by atoms with van der Waals surface area (Å²) in [6.45, 7) is 2.91. The number of alkyl halides is 3. The SMILES string of the molecule is Cl.OC(CC1CCN(Cc2ccccc2)CC1)c1ccc(C(F)(F)F)cc1. The first-order valence-electron chi connectivity index (χ1n) is 9.03. The molecule has 2 aromatic carbocycles. The molecular weight excluding hydrogens is 375 g/mol. The molecule has 1 N–H and O–H groups in total. The zero-order valence-electron chi connectivity index (χ0n) is 15.0. The molecule has 27 heavy (non-hydrogen) atoms. The van der Waals surface area contributed by atoms with Crippen LogP contribution in [0, 0.1) is 5.92 Å². The summed E-state index contributed by atoms with van der Waals surface area (Å²) < 4.78 is 37.9. The van der Waals surface area contributed by atoms with E-state index in [-0.39, 0.29) is 12.4 Å². The van der Waals surface area contributed by atoms with Crippen molar-refractivity contribution >= 4 is 12.4 Å². The van der Waals surface area contributed by atoms with Gasteiger partial charge in [0, 0.05) is 6.54 Å². The fourth-order valence-corrected chi connectivity index (χ4v) is 3.57. The smallest absolute Gasteiger partial charge is 0.388 e. The van der Waals surface area contributed by atoms with E-state index >= 15 is 0 Å². The van der Waals surface area contributed by atoms with Crippen LogP contribution in [0.5, 0.6) is 0 Å². The lowest BCUT2D eigenvalue weighted by Crippen LogP contribution is -2.33. The van der Waals surface area contributed by atoms with Crippen molar-refractivity contribution < 1.29 is 18.3 Å². The Labute approximate surface area is 164 Å². The molecule has 2 aromatic rings. The van der Waals surface area contributed by atoms with Crippen molar-refractivity contribution in [3.05, 3.63) is 71.3 Å². The zero-order valence-corrected chi connectivity index (χ0v) is 15.8. The number of aliphatic hydroxyl groups excluding tert-OH is 1. The van der Waals surface area contributed by atoms with Crippen LogP contribution >= 0.6 is 12.4 Å². The Morgan fingerprint density at radius 2 is 1.56 bits per heavy atom. The van der Waals surface area contributed by atoms with E-state index in [1.54, 1.807) is 0 Å². The molecule has 1 saturated heterocycles. The van der Waals surface area contributed by atoms with Gasteiger partial charge in [-0.15, -0.1) is 12.4 Å². The molecule has 1 aliphatic heterocycles. The summed E-state index contributed by atoms with van der Waals surface area (Å²) >= 11 is 0. The van der Waals surface area contributed by atoms with E-state index in [9.17, 15) is 18.3 Å². The van der Waals surface area contributed by atoms with Gasteiger partial charge in [0.05, 0.1) is 11.7 Å². The number of piperidine rings is 1. The summed E-state index contributed by atoms with van der Waals surface area (Å²) in [5.41, 5.74) is 1.18. The van der Waals surface area contributed by atoms with Crippen LogP contribution in [0.1, 0.15) is 42.1 Å². The molecule has 0 saturated carbocycles. The Morgan fingerprint density at radius 3 is 2.11 bits per heavy atom. The first kappa shape index (κ1) is 21.7. The van der Waals surface area contributed by atoms with Gasteiger partial charge in [-0.25, -0.2) is 0 Å². The van der Waals surface area contributed by atoms with E-state index in [4.69, 9.17) is 0 Å². The van der Waals surface area contributed by atoms with Crippen molar-refractivity contribution in [2.75, 3.05) is 13.1 Å². The molecular formula is C21H25ClF3NO. The Bertz CT molecular complexity index is 683. The molecule has 0 spiro atoms. The molecule has 148 valence electrons. The minimum Gasteiger partial charge on any atom is -0.388 e. The van der Waals surface area contributed by atoms with Gasteiger partial charge in [-0.3, -0.25) is 4.90 Å². The summed E-state index contributed by atoms with van der Waals surface area (Å²) in [6, 6.07) is 15.2. The Hall–Kier alpha value is -1.56. The van der Waals surface area contributed by atoms with Crippen LogP contribution in [0.25, 0.3) is 0 Å². The second kappa shape index (κ2) is 9.58. The highest BCUT2D eigenvalue weighted by Gasteiger charge is 2.30. The standard InChI is InChI=1S/C21H24F3NO.ClH/c22-21(23,24)19-8-6-18(7-9-19)20(26)14-16-10-12-25(13-11-16)15-17-4-2-1-3-5-17;/h1-9,16,20,26H,10-15H2;1H. The van der Waals surface area contributed by atoms with Crippen LogP contribution in [-0.2, 0) is 12.7 Å². The van der Waals surface area contributed by atoms with Crippen LogP contribution in [0.4, 0.5) is 13.2 Å². The Balaban J connectivity index is 0.00000261. The topological polar surface area (TPSA) is 23.5 Å². The fourth-order valence-electron chi connectivity index (χ4n) is 3.57. The average molecular weight is 400 g/mol. The molecule has 2 nitrogen and oxygen atoms in total. The van der Waals surface area contributed by atoms with Gasteiger partial charge in [0.25, 0.3) is 0 Å². The lowest BCUT2D eigenvalue weighted by Gasteiger charge is -2.33. The van der Waals surface area contributed by atoms with Crippen LogP contribution in [0.15, 0.2) is 54.6 Å². The van der Waals surface area contributed by atoms with Gasteiger partial charge in [-0.2, -0.15) is 13.2 Å². The fraction of sp³-hybridized carbons (Fsp3) is 0.429. The molecule has 0 aromatic heterocycles. The maximum absolute atomic E-state index is 12.6. The van der Waals surface area contributed by atoms with Gasteiger partial charge in [-0.05, 0) is 61.5 Å². The van der Waals surface area contributed by atoms with Crippen molar-refractivity contribution in [2.24, 2.45) is 5.92 Å². The lowest BCUT2D eigenvalue weighted by molar-refractivity contribution is -0.137. The van der Waals surface area contributed by atoms with Crippen molar-refractivity contribution in [1.82, 2.24) is 4.90 Å². The predicted molar refractivity (Wildman–Crippen MR) is 103 cm³/mol. The summed E-state index contributed by atoms with van der Waals surface area (Å²) in [5, 5.41) is 10.4. The van der Waals surface area contributed by atoms with Crippen LogP contribution in [-0.4, -0.2) is 23.1 Å². The van der Waals surface area contributed by atoms with Gasteiger partial charge < -0.3 is 5.11 Å². The zero-order chi connectivity index (χ0) is 18.6. The number of likely N-dealkylation sites (tertiary alicyclic amines) is 1. The first-order chi connectivity index (χ1) is 12.4. The number of aliphatic hydroxyl groups is 1. The highest BCUT2D eigenvalue weighted by molar-refractivity contribution is 5.85. The highest BCUT2D eigenvalue weighted by Crippen LogP contribution is 2.32. The van der Waals surface area contributed by atoms with Gasteiger partial charge in [0.2, 0.25) is 0 Å². The molecule has 0 amide bonds. The molecule has 0 aliphatic carbocycles.